The molecule has 2 aromatic carbocycles. The lowest BCUT2D eigenvalue weighted by molar-refractivity contribution is 0.885. The molecule has 1 N–H and O–H groups in total. The first-order chi connectivity index (χ1) is 10.1. The number of hydrogen-bond acceptors (Lipinski definition) is 2. The Balaban J connectivity index is 1.94. The van der Waals surface area contributed by atoms with Crippen molar-refractivity contribution >= 4 is 32.5 Å². The van der Waals surface area contributed by atoms with E-state index in [1.54, 1.807) is 0 Å². The van der Waals surface area contributed by atoms with Crippen molar-refractivity contribution in [3.8, 4) is 0 Å². The minimum Gasteiger partial charge on any atom is -0.377 e. The van der Waals surface area contributed by atoms with Crippen molar-refractivity contribution in [3.05, 3.63) is 70.3 Å². The van der Waals surface area contributed by atoms with Gasteiger partial charge in [0.15, 0.2) is 0 Å². The molecule has 1 atom stereocenters. The smallest absolute Gasteiger partial charge is 0.0936 e. The summed E-state index contributed by atoms with van der Waals surface area (Å²) in [6.07, 6.45) is 0. The lowest BCUT2D eigenvalue weighted by atomic mass is 10.1. The van der Waals surface area contributed by atoms with Gasteiger partial charge in [-0.1, -0.05) is 46.3 Å². The molecule has 1 aromatic heterocycles. The molecule has 0 bridgehead atoms. The maximum absolute atomic E-state index is 4.67. The second-order valence-corrected chi connectivity index (χ2v) is 6.16. The number of rotatable bonds is 3. The van der Waals surface area contributed by atoms with Gasteiger partial charge in [-0.3, -0.25) is 4.98 Å². The number of hydrogen-bond donors (Lipinski definition) is 1. The van der Waals surface area contributed by atoms with E-state index < -0.39 is 0 Å². The number of nitrogens with one attached hydrogen (secondary N) is 1. The van der Waals surface area contributed by atoms with Crippen LogP contribution in [0.25, 0.3) is 10.9 Å². The lowest BCUT2D eigenvalue weighted by Crippen LogP contribution is -2.07. The zero-order chi connectivity index (χ0) is 14.8. The topological polar surface area (TPSA) is 24.9 Å². The summed E-state index contributed by atoms with van der Waals surface area (Å²) < 4.78 is 1.10. The molecule has 21 heavy (non-hydrogen) atoms. The van der Waals surface area contributed by atoms with Crippen LogP contribution in [0.1, 0.15) is 24.2 Å². The highest BCUT2D eigenvalue weighted by atomic mass is 79.9. The molecule has 0 fully saturated rings. The molecule has 0 saturated carbocycles. The van der Waals surface area contributed by atoms with E-state index in [4.69, 9.17) is 0 Å². The summed E-state index contributed by atoms with van der Waals surface area (Å²) in [7, 11) is 0. The van der Waals surface area contributed by atoms with Crippen LogP contribution in [0, 0.1) is 6.92 Å². The van der Waals surface area contributed by atoms with Gasteiger partial charge in [0.2, 0.25) is 0 Å². The Hall–Kier alpha value is -1.87. The van der Waals surface area contributed by atoms with Gasteiger partial charge in [0.1, 0.15) is 0 Å². The molecule has 1 unspecified atom stereocenters. The third-order valence-electron chi connectivity index (χ3n) is 3.60. The molecule has 0 aliphatic carbocycles. The summed E-state index contributed by atoms with van der Waals surface area (Å²) in [6, 6.07) is 19.0. The first-order valence-electron chi connectivity index (χ1n) is 7.02. The average molecular weight is 341 g/mol. The molecular formula is C18H17BrN2. The van der Waals surface area contributed by atoms with Crippen molar-refractivity contribution in [1.29, 1.82) is 0 Å². The van der Waals surface area contributed by atoms with Crippen molar-refractivity contribution in [1.82, 2.24) is 4.98 Å². The predicted molar refractivity (Wildman–Crippen MR) is 92.7 cm³/mol. The molecule has 0 aliphatic rings. The molecule has 0 spiro atoms. The fourth-order valence-corrected chi connectivity index (χ4v) is 2.69. The van der Waals surface area contributed by atoms with Crippen LogP contribution in [-0.2, 0) is 0 Å². The summed E-state index contributed by atoms with van der Waals surface area (Å²) in [6.45, 7) is 4.19. The van der Waals surface area contributed by atoms with E-state index in [-0.39, 0.29) is 6.04 Å². The number of halogens is 1. The minimum absolute atomic E-state index is 0.228. The monoisotopic (exact) mass is 340 g/mol. The fourth-order valence-electron chi connectivity index (χ4n) is 2.43. The van der Waals surface area contributed by atoms with Gasteiger partial charge >= 0.3 is 0 Å². The Morgan fingerprint density at radius 3 is 2.52 bits per heavy atom. The predicted octanol–water partition coefficient (Wildman–Crippen LogP) is 5.48. The van der Waals surface area contributed by atoms with E-state index in [1.165, 1.54) is 5.56 Å². The fraction of sp³-hybridized carbons (Fsp3) is 0.167. The Morgan fingerprint density at radius 1 is 1.00 bits per heavy atom. The molecule has 0 saturated heterocycles. The van der Waals surface area contributed by atoms with Crippen LogP contribution in [0.3, 0.4) is 0 Å². The normalized spacial score (nSPS) is 12.3. The number of nitrogens with zero attached hydrogens (tertiary/aromatic N) is 1. The Kier molecular flexibility index (Phi) is 3.93. The Labute approximate surface area is 133 Å². The first kappa shape index (κ1) is 14.1. The van der Waals surface area contributed by atoms with Gasteiger partial charge in [-0.15, -0.1) is 0 Å². The molecule has 3 aromatic rings. The van der Waals surface area contributed by atoms with Crippen molar-refractivity contribution in [3.63, 3.8) is 0 Å². The van der Waals surface area contributed by atoms with Gasteiger partial charge < -0.3 is 5.32 Å². The van der Waals surface area contributed by atoms with Crippen molar-refractivity contribution < 1.29 is 0 Å². The number of aryl methyl sites for hydroxylation is 1. The van der Waals surface area contributed by atoms with Crippen molar-refractivity contribution in [2.45, 2.75) is 19.9 Å². The second-order valence-electron chi connectivity index (χ2n) is 5.25. The molecule has 3 rings (SSSR count). The highest BCUT2D eigenvalue weighted by molar-refractivity contribution is 9.10. The number of para-hydroxylation sites is 1. The van der Waals surface area contributed by atoms with Crippen LogP contribution >= 0.6 is 15.9 Å². The third kappa shape index (κ3) is 3.08. The van der Waals surface area contributed by atoms with E-state index in [1.807, 2.05) is 13.0 Å². The van der Waals surface area contributed by atoms with Crippen LogP contribution in [0.4, 0.5) is 5.69 Å². The molecule has 0 aliphatic heterocycles. The third-order valence-corrected chi connectivity index (χ3v) is 4.13. The van der Waals surface area contributed by atoms with Gasteiger partial charge in [0.05, 0.1) is 11.2 Å². The summed E-state index contributed by atoms with van der Waals surface area (Å²) in [5.74, 6) is 0. The van der Waals surface area contributed by atoms with Crippen LogP contribution in [0.2, 0.25) is 0 Å². The number of fused-ring (bicyclic) bond motifs is 1. The van der Waals surface area contributed by atoms with Crippen LogP contribution in [0.5, 0.6) is 0 Å². The number of benzene rings is 2. The van der Waals surface area contributed by atoms with Gasteiger partial charge in [0.25, 0.3) is 0 Å². The SMILES string of the molecule is Cc1ccc2cccc(NC(C)c3ccc(Br)cc3)c2n1. The molecule has 1 heterocycles. The molecule has 0 radical (unpaired) electrons. The average Bonchev–Trinajstić information content (AvgIpc) is 2.48. The highest BCUT2D eigenvalue weighted by Crippen LogP contribution is 2.26. The quantitative estimate of drug-likeness (QED) is 0.682. The zero-order valence-electron chi connectivity index (χ0n) is 12.1. The summed E-state index contributed by atoms with van der Waals surface area (Å²) in [5, 5.41) is 4.73. The molecule has 0 amide bonds. The molecule has 2 nitrogen and oxygen atoms in total. The first-order valence-corrected chi connectivity index (χ1v) is 7.81. The van der Waals surface area contributed by atoms with Crippen LogP contribution < -0.4 is 5.32 Å². The maximum Gasteiger partial charge on any atom is 0.0936 e. The van der Waals surface area contributed by atoms with Crippen LogP contribution in [0.15, 0.2) is 59.1 Å². The number of anilines is 1. The maximum atomic E-state index is 4.67. The number of aromatic nitrogens is 1. The van der Waals surface area contributed by atoms with E-state index in [0.717, 1.165) is 26.8 Å². The summed E-state index contributed by atoms with van der Waals surface area (Å²) in [4.78, 5) is 4.67. The molecular weight excluding hydrogens is 324 g/mol. The number of pyridine rings is 1. The van der Waals surface area contributed by atoms with Gasteiger partial charge in [0, 0.05) is 21.6 Å². The standard InChI is InChI=1S/C18H17BrN2/c1-12-6-7-15-4-3-5-17(18(15)20-12)21-13(2)14-8-10-16(19)11-9-14/h3-11,13,21H,1-2H3. The van der Waals surface area contributed by atoms with Gasteiger partial charge in [-0.2, -0.15) is 0 Å². The zero-order valence-corrected chi connectivity index (χ0v) is 13.7. The highest BCUT2D eigenvalue weighted by Gasteiger charge is 2.08. The van der Waals surface area contributed by atoms with E-state index >= 15 is 0 Å². The van der Waals surface area contributed by atoms with Crippen molar-refractivity contribution in [2.75, 3.05) is 5.32 Å². The summed E-state index contributed by atoms with van der Waals surface area (Å²) in [5.41, 5.74) is 4.39. The Morgan fingerprint density at radius 2 is 1.76 bits per heavy atom. The van der Waals surface area contributed by atoms with E-state index in [2.05, 4.69) is 81.7 Å². The van der Waals surface area contributed by atoms with Crippen LogP contribution in [-0.4, -0.2) is 4.98 Å². The largest absolute Gasteiger partial charge is 0.377 e. The second kappa shape index (κ2) is 5.86. The summed E-state index contributed by atoms with van der Waals surface area (Å²) >= 11 is 3.47. The minimum atomic E-state index is 0.228. The van der Waals surface area contributed by atoms with Crippen molar-refractivity contribution in [2.24, 2.45) is 0 Å². The molecule has 3 heteroatoms. The van der Waals surface area contributed by atoms with E-state index in [0.29, 0.717) is 0 Å². The molecule has 106 valence electrons. The Bertz CT molecular complexity index is 766. The van der Waals surface area contributed by atoms with Gasteiger partial charge in [-0.05, 0) is 43.7 Å². The lowest BCUT2D eigenvalue weighted by Gasteiger charge is -2.17. The van der Waals surface area contributed by atoms with E-state index in [9.17, 15) is 0 Å². The van der Waals surface area contributed by atoms with Gasteiger partial charge in [-0.25, -0.2) is 0 Å².